The number of carbonyl (C=O) groups excluding carboxylic acids is 2. The van der Waals surface area contributed by atoms with Crippen LogP contribution in [0.25, 0.3) is 0 Å². The predicted molar refractivity (Wildman–Crippen MR) is 119 cm³/mol. The van der Waals surface area contributed by atoms with E-state index in [1.165, 1.54) is 5.56 Å². The smallest absolute Gasteiger partial charge is 0.237 e. The number of hydrogen-bond donors (Lipinski definition) is 2. The highest BCUT2D eigenvalue weighted by Gasteiger charge is 2.31. The summed E-state index contributed by atoms with van der Waals surface area (Å²) in [5, 5.41) is 5.82. The Morgan fingerprint density at radius 2 is 1.81 bits per heavy atom. The average molecular weight is 426 g/mol. The lowest BCUT2D eigenvalue weighted by atomic mass is 10.1. The number of piperazine rings is 1. The highest BCUT2D eigenvalue weighted by Crippen LogP contribution is 2.27. The van der Waals surface area contributed by atoms with Gasteiger partial charge in [0.1, 0.15) is 0 Å². The number of benzene rings is 2. The van der Waals surface area contributed by atoms with Gasteiger partial charge >= 0.3 is 0 Å². The minimum absolute atomic E-state index is 0.0894. The molecule has 1 aliphatic heterocycles. The monoisotopic (exact) mass is 425 g/mol. The molecule has 3 rings (SSSR count). The van der Waals surface area contributed by atoms with Gasteiger partial charge in [0.2, 0.25) is 11.8 Å². The summed E-state index contributed by atoms with van der Waals surface area (Å²) < 4.78 is 10.6. The van der Waals surface area contributed by atoms with E-state index in [9.17, 15) is 9.59 Å². The van der Waals surface area contributed by atoms with Gasteiger partial charge in [-0.15, -0.1) is 0 Å². The first kappa shape index (κ1) is 22.6. The first-order valence-corrected chi connectivity index (χ1v) is 10.5. The third-order valence-corrected chi connectivity index (χ3v) is 5.51. The summed E-state index contributed by atoms with van der Waals surface area (Å²) >= 11 is 0. The molecule has 2 N–H and O–H groups in total. The summed E-state index contributed by atoms with van der Waals surface area (Å²) in [6.45, 7) is 4.51. The van der Waals surface area contributed by atoms with Crippen LogP contribution in [0.2, 0.25) is 0 Å². The van der Waals surface area contributed by atoms with Gasteiger partial charge < -0.3 is 20.1 Å². The van der Waals surface area contributed by atoms with Crippen LogP contribution in [-0.4, -0.2) is 56.6 Å². The van der Waals surface area contributed by atoms with Crippen LogP contribution in [0.5, 0.6) is 11.5 Å². The van der Waals surface area contributed by atoms with Crippen molar-refractivity contribution in [1.29, 1.82) is 0 Å². The van der Waals surface area contributed by atoms with Gasteiger partial charge in [-0.2, -0.15) is 0 Å². The zero-order valence-corrected chi connectivity index (χ0v) is 18.4. The first-order valence-electron chi connectivity index (χ1n) is 10.5. The molecule has 1 heterocycles. The normalized spacial score (nSPS) is 16.5. The van der Waals surface area contributed by atoms with E-state index in [-0.39, 0.29) is 18.2 Å². The lowest BCUT2D eigenvalue weighted by molar-refractivity contribution is -0.134. The maximum Gasteiger partial charge on any atom is 0.237 e. The van der Waals surface area contributed by atoms with E-state index in [0.29, 0.717) is 37.6 Å². The number of ether oxygens (including phenoxy) is 2. The maximum absolute atomic E-state index is 12.6. The summed E-state index contributed by atoms with van der Waals surface area (Å²) in [6.07, 6.45) is 0.805. The van der Waals surface area contributed by atoms with Crippen LogP contribution < -0.4 is 20.1 Å². The topological polar surface area (TPSA) is 79.9 Å². The fourth-order valence-electron chi connectivity index (χ4n) is 3.73. The van der Waals surface area contributed by atoms with Crippen LogP contribution >= 0.6 is 0 Å². The Morgan fingerprint density at radius 3 is 2.52 bits per heavy atom. The van der Waals surface area contributed by atoms with Crippen molar-refractivity contribution in [3.8, 4) is 11.5 Å². The number of hydrogen-bond acceptors (Lipinski definition) is 5. The summed E-state index contributed by atoms with van der Waals surface area (Å²) in [4.78, 5) is 27.1. The maximum atomic E-state index is 12.6. The summed E-state index contributed by atoms with van der Waals surface area (Å²) in [5.74, 6) is 1.12. The second kappa shape index (κ2) is 10.8. The molecule has 2 aromatic rings. The van der Waals surface area contributed by atoms with E-state index >= 15 is 0 Å². The van der Waals surface area contributed by atoms with E-state index < -0.39 is 6.04 Å². The third-order valence-electron chi connectivity index (χ3n) is 5.51. The molecule has 0 spiro atoms. The van der Waals surface area contributed by atoms with Gasteiger partial charge in [0.25, 0.3) is 0 Å². The Labute approximate surface area is 183 Å². The van der Waals surface area contributed by atoms with E-state index in [4.69, 9.17) is 9.47 Å². The van der Waals surface area contributed by atoms with Crippen LogP contribution in [0.1, 0.15) is 23.1 Å². The lowest BCUT2D eigenvalue weighted by Crippen LogP contribution is -2.56. The van der Waals surface area contributed by atoms with Crippen LogP contribution in [0.3, 0.4) is 0 Å². The van der Waals surface area contributed by atoms with Gasteiger partial charge in [0, 0.05) is 26.2 Å². The van der Waals surface area contributed by atoms with Gasteiger partial charge in [0.05, 0.1) is 26.7 Å². The van der Waals surface area contributed by atoms with Crippen molar-refractivity contribution in [2.45, 2.75) is 32.4 Å². The molecule has 1 atom stereocenters. The number of nitrogens with one attached hydrogen (secondary N) is 2. The molecule has 31 heavy (non-hydrogen) atoms. The highest BCUT2D eigenvalue weighted by molar-refractivity contribution is 5.88. The molecule has 0 saturated carbocycles. The van der Waals surface area contributed by atoms with E-state index in [2.05, 4.69) is 39.8 Å². The molecule has 2 aromatic carbocycles. The number of nitrogens with zero attached hydrogens (tertiary/aromatic N) is 1. The standard InChI is InChI=1S/C24H31N3O4/c1-17-4-6-19(7-5-17)16-27-13-12-26-24(29)20(27)15-23(28)25-11-10-18-8-9-21(30-2)22(14-18)31-3/h4-9,14,20H,10-13,15-16H2,1-3H3,(H,25,28)(H,26,29). The summed E-state index contributed by atoms with van der Waals surface area (Å²) in [5.41, 5.74) is 3.37. The van der Waals surface area contributed by atoms with Crippen molar-refractivity contribution in [3.05, 3.63) is 59.2 Å². The second-order valence-electron chi connectivity index (χ2n) is 7.76. The molecule has 0 radical (unpaired) electrons. The average Bonchev–Trinajstić information content (AvgIpc) is 2.77. The molecule has 7 nitrogen and oxygen atoms in total. The number of methoxy groups -OCH3 is 2. The van der Waals surface area contributed by atoms with E-state index in [1.54, 1.807) is 14.2 Å². The molecule has 1 fully saturated rings. The highest BCUT2D eigenvalue weighted by atomic mass is 16.5. The van der Waals surface area contributed by atoms with E-state index in [1.807, 2.05) is 25.1 Å². The van der Waals surface area contributed by atoms with Crippen LogP contribution in [0, 0.1) is 6.92 Å². The molecule has 1 saturated heterocycles. The van der Waals surface area contributed by atoms with Crippen LogP contribution in [0.15, 0.2) is 42.5 Å². The molecular formula is C24H31N3O4. The van der Waals surface area contributed by atoms with Gasteiger partial charge in [-0.05, 0) is 36.6 Å². The molecule has 0 bridgehead atoms. The SMILES string of the molecule is COc1ccc(CCNC(=O)CC2C(=O)NCCN2Cc2ccc(C)cc2)cc1OC. The lowest BCUT2D eigenvalue weighted by Gasteiger charge is -2.34. The van der Waals surface area contributed by atoms with Gasteiger partial charge in [-0.1, -0.05) is 35.9 Å². The minimum atomic E-state index is -0.462. The van der Waals surface area contributed by atoms with Crippen molar-refractivity contribution in [2.24, 2.45) is 0 Å². The molecule has 0 aliphatic carbocycles. The van der Waals surface area contributed by atoms with Crippen molar-refractivity contribution < 1.29 is 19.1 Å². The molecule has 1 unspecified atom stereocenters. The number of carbonyl (C=O) groups is 2. The third kappa shape index (κ3) is 6.21. The molecule has 0 aromatic heterocycles. The second-order valence-corrected chi connectivity index (χ2v) is 7.76. The fraction of sp³-hybridized carbons (Fsp3) is 0.417. The zero-order valence-electron chi connectivity index (χ0n) is 18.4. The van der Waals surface area contributed by atoms with Crippen molar-refractivity contribution in [2.75, 3.05) is 33.9 Å². The number of aryl methyl sites for hydroxylation is 1. The van der Waals surface area contributed by atoms with Crippen molar-refractivity contribution >= 4 is 11.8 Å². The van der Waals surface area contributed by atoms with Gasteiger partial charge in [-0.3, -0.25) is 14.5 Å². The predicted octanol–water partition coefficient (Wildman–Crippen LogP) is 2.06. The van der Waals surface area contributed by atoms with Crippen LogP contribution in [0.4, 0.5) is 0 Å². The molecule has 7 heteroatoms. The largest absolute Gasteiger partial charge is 0.493 e. The Kier molecular flexibility index (Phi) is 7.89. The summed E-state index contributed by atoms with van der Waals surface area (Å²) in [7, 11) is 3.20. The molecule has 2 amide bonds. The number of amides is 2. The number of rotatable bonds is 9. The quantitative estimate of drug-likeness (QED) is 0.643. The fourth-order valence-corrected chi connectivity index (χ4v) is 3.73. The Balaban J connectivity index is 1.53. The minimum Gasteiger partial charge on any atom is -0.493 e. The zero-order chi connectivity index (χ0) is 22.2. The molecular weight excluding hydrogens is 394 g/mol. The van der Waals surface area contributed by atoms with Crippen LogP contribution in [-0.2, 0) is 22.6 Å². The molecule has 1 aliphatic rings. The van der Waals surface area contributed by atoms with Crippen molar-refractivity contribution in [1.82, 2.24) is 15.5 Å². The van der Waals surface area contributed by atoms with Gasteiger partial charge in [-0.25, -0.2) is 0 Å². The van der Waals surface area contributed by atoms with Gasteiger partial charge in [0.15, 0.2) is 11.5 Å². The van der Waals surface area contributed by atoms with E-state index in [0.717, 1.165) is 17.7 Å². The summed E-state index contributed by atoms with van der Waals surface area (Å²) in [6, 6.07) is 13.5. The Hall–Kier alpha value is -3.06. The Morgan fingerprint density at radius 1 is 1.10 bits per heavy atom. The molecule has 166 valence electrons. The first-order chi connectivity index (χ1) is 15.0. The Bertz CT molecular complexity index is 898. The van der Waals surface area contributed by atoms with Crippen molar-refractivity contribution in [3.63, 3.8) is 0 Å².